The van der Waals surface area contributed by atoms with Gasteiger partial charge in [0.2, 0.25) is 5.91 Å². The summed E-state index contributed by atoms with van der Waals surface area (Å²) in [6, 6.07) is 6.36. The summed E-state index contributed by atoms with van der Waals surface area (Å²) in [6.07, 6.45) is -1.06. The average molecular weight is 381 g/mol. The molecule has 1 fully saturated rings. The zero-order valence-electron chi connectivity index (χ0n) is 14.4. The maximum atomic E-state index is 12.4. The molecule has 3 rings (SSSR count). The number of hydrogen-bond acceptors (Lipinski definition) is 5. The highest BCUT2D eigenvalue weighted by molar-refractivity contribution is 5.76. The van der Waals surface area contributed by atoms with E-state index in [1.807, 2.05) is 0 Å². The summed E-state index contributed by atoms with van der Waals surface area (Å²) >= 11 is 0. The maximum Gasteiger partial charge on any atom is 0.401 e. The maximum absolute atomic E-state index is 12.4. The van der Waals surface area contributed by atoms with Crippen LogP contribution in [0.3, 0.4) is 0 Å². The molecule has 0 N–H and O–H groups in total. The van der Waals surface area contributed by atoms with Crippen LogP contribution in [0, 0.1) is 0 Å². The number of piperazine rings is 1. The number of rotatable bonds is 4. The summed E-state index contributed by atoms with van der Waals surface area (Å²) < 4.78 is 38.4. The Hall–Kier alpha value is -2.75. The molecular weight excluding hydrogens is 363 g/mol. The van der Waals surface area contributed by atoms with Gasteiger partial charge in [0.25, 0.3) is 5.56 Å². The number of aromatic nitrogens is 3. The third-order valence-corrected chi connectivity index (χ3v) is 4.26. The van der Waals surface area contributed by atoms with Gasteiger partial charge in [-0.2, -0.15) is 18.3 Å². The van der Waals surface area contributed by atoms with Crippen molar-refractivity contribution in [1.82, 2.24) is 24.6 Å². The number of alkyl halides is 3. The largest absolute Gasteiger partial charge is 0.401 e. The Labute approximate surface area is 153 Å². The summed E-state index contributed by atoms with van der Waals surface area (Å²) in [7, 11) is 0. The van der Waals surface area contributed by atoms with E-state index in [1.165, 1.54) is 15.9 Å². The van der Waals surface area contributed by atoms with Crippen LogP contribution in [0.2, 0.25) is 0 Å². The van der Waals surface area contributed by atoms with Gasteiger partial charge < -0.3 is 4.90 Å². The second-order valence-corrected chi connectivity index (χ2v) is 6.22. The summed E-state index contributed by atoms with van der Waals surface area (Å²) in [5.41, 5.74) is 0.864. The van der Waals surface area contributed by atoms with Crippen molar-refractivity contribution in [2.75, 3.05) is 32.7 Å². The van der Waals surface area contributed by atoms with E-state index in [1.54, 1.807) is 30.6 Å². The first-order valence-electron chi connectivity index (χ1n) is 8.37. The van der Waals surface area contributed by atoms with E-state index in [-0.39, 0.29) is 38.6 Å². The summed E-state index contributed by atoms with van der Waals surface area (Å²) in [5, 5.41) is 4.21. The smallest absolute Gasteiger partial charge is 0.339 e. The van der Waals surface area contributed by atoms with E-state index < -0.39 is 18.3 Å². The van der Waals surface area contributed by atoms with Crippen molar-refractivity contribution >= 4 is 5.91 Å². The standard InChI is InChI=1S/C17H18F3N5O2/c18-17(19,20)12-23-7-9-24(10-8-23)16(27)11-25-15(26)2-1-14(22-25)13-3-5-21-6-4-13/h1-6H,7-12H2. The predicted molar refractivity (Wildman–Crippen MR) is 90.8 cm³/mol. The highest BCUT2D eigenvalue weighted by Gasteiger charge is 2.32. The topological polar surface area (TPSA) is 71.3 Å². The number of pyridine rings is 1. The molecule has 27 heavy (non-hydrogen) atoms. The van der Waals surface area contributed by atoms with Crippen molar-refractivity contribution in [3.05, 3.63) is 47.0 Å². The van der Waals surface area contributed by atoms with E-state index in [4.69, 9.17) is 0 Å². The van der Waals surface area contributed by atoms with E-state index in [9.17, 15) is 22.8 Å². The van der Waals surface area contributed by atoms with Crippen molar-refractivity contribution in [3.63, 3.8) is 0 Å². The van der Waals surface area contributed by atoms with Crippen molar-refractivity contribution in [2.24, 2.45) is 0 Å². The number of nitrogens with zero attached hydrogens (tertiary/aromatic N) is 5. The van der Waals surface area contributed by atoms with Gasteiger partial charge in [0.1, 0.15) is 6.54 Å². The Kier molecular flexibility index (Phi) is 5.54. The van der Waals surface area contributed by atoms with Crippen LogP contribution in [-0.4, -0.2) is 69.4 Å². The first-order chi connectivity index (χ1) is 12.8. The number of hydrogen-bond donors (Lipinski definition) is 0. The van der Waals surface area contributed by atoms with Crippen LogP contribution in [0.25, 0.3) is 11.3 Å². The molecule has 2 aromatic heterocycles. The molecule has 0 radical (unpaired) electrons. The zero-order valence-corrected chi connectivity index (χ0v) is 14.4. The fraction of sp³-hybridized carbons (Fsp3) is 0.412. The third-order valence-electron chi connectivity index (χ3n) is 4.26. The van der Waals surface area contributed by atoms with E-state index in [0.717, 1.165) is 10.2 Å². The summed E-state index contributed by atoms with van der Waals surface area (Å²) in [6.45, 7) is -0.572. The van der Waals surface area contributed by atoms with Crippen molar-refractivity contribution < 1.29 is 18.0 Å². The molecule has 1 aliphatic heterocycles. The van der Waals surface area contributed by atoms with E-state index in [2.05, 4.69) is 10.1 Å². The SMILES string of the molecule is O=C(Cn1nc(-c2ccncc2)ccc1=O)N1CCN(CC(F)(F)F)CC1. The number of carbonyl (C=O) groups is 1. The van der Waals surface area contributed by atoms with Crippen molar-refractivity contribution in [2.45, 2.75) is 12.7 Å². The molecule has 1 amide bonds. The molecule has 0 atom stereocenters. The van der Waals surface area contributed by atoms with Crippen LogP contribution in [0.5, 0.6) is 0 Å². The van der Waals surface area contributed by atoms with Gasteiger partial charge in [-0.15, -0.1) is 0 Å². The van der Waals surface area contributed by atoms with E-state index in [0.29, 0.717) is 5.69 Å². The first kappa shape index (κ1) is 19.0. The second-order valence-electron chi connectivity index (χ2n) is 6.22. The highest BCUT2D eigenvalue weighted by Crippen LogP contribution is 2.17. The van der Waals surface area contributed by atoms with Gasteiger partial charge in [-0.3, -0.25) is 19.5 Å². The molecule has 0 aromatic carbocycles. The number of carbonyl (C=O) groups excluding carboxylic acids is 1. The Balaban J connectivity index is 1.64. The van der Waals surface area contributed by atoms with E-state index >= 15 is 0 Å². The molecule has 0 bridgehead atoms. The lowest BCUT2D eigenvalue weighted by Crippen LogP contribution is -2.52. The minimum Gasteiger partial charge on any atom is -0.339 e. The van der Waals surface area contributed by atoms with Crippen LogP contribution < -0.4 is 5.56 Å². The average Bonchev–Trinajstić information content (AvgIpc) is 2.63. The Bertz CT molecular complexity index is 846. The van der Waals surface area contributed by atoms with Crippen molar-refractivity contribution in [3.8, 4) is 11.3 Å². The second kappa shape index (κ2) is 7.87. The number of amides is 1. The van der Waals surface area contributed by atoms with Crippen LogP contribution in [-0.2, 0) is 11.3 Å². The van der Waals surface area contributed by atoms with Crippen LogP contribution in [0.1, 0.15) is 0 Å². The van der Waals surface area contributed by atoms with Gasteiger partial charge in [0.05, 0.1) is 12.2 Å². The molecule has 3 heterocycles. The van der Waals surface area contributed by atoms with Gasteiger partial charge in [0, 0.05) is 50.2 Å². The Morgan fingerprint density at radius 3 is 2.33 bits per heavy atom. The van der Waals surface area contributed by atoms with Gasteiger partial charge >= 0.3 is 6.18 Å². The van der Waals surface area contributed by atoms with Crippen LogP contribution >= 0.6 is 0 Å². The van der Waals surface area contributed by atoms with Gasteiger partial charge in [-0.05, 0) is 18.2 Å². The normalized spacial score (nSPS) is 15.7. The molecule has 144 valence electrons. The third kappa shape index (κ3) is 5.13. The molecule has 0 unspecified atom stereocenters. The van der Waals surface area contributed by atoms with Gasteiger partial charge in [-0.1, -0.05) is 0 Å². The number of halogens is 3. The molecule has 1 saturated heterocycles. The minimum absolute atomic E-state index is 0.143. The zero-order chi connectivity index (χ0) is 19.4. The van der Waals surface area contributed by atoms with Gasteiger partial charge in [-0.25, -0.2) is 4.68 Å². The van der Waals surface area contributed by atoms with Gasteiger partial charge in [0.15, 0.2) is 0 Å². The molecular formula is C17H18F3N5O2. The first-order valence-corrected chi connectivity index (χ1v) is 8.37. The fourth-order valence-electron chi connectivity index (χ4n) is 2.88. The molecule has 0 saturated carbocycles. The molecule has 10 heteroatoms. The van der Waals surface area contributed by atoms with Crippen molar-refractivity contribution in [1.29, 1.82) is 0 Å². The monoisotopic (exact) mass is 381 g/mol. The van der Waals surface area contributed by atoms with Crippen LogP contribution in [0.15, 0.2) is 41.5 Å². The Morgan fingerprint density at radius 2 is 1.70 bits per heavy atom. The Morgan fingerprint density at radius 1 is 1.04 bits per heavy atom. The lowest BCUT2D eigenvalue weighted by Gasteiger charge is -2.35. The molecule has 0 aliphatic carbocycles. The minimum atomic E-state index is -4.25. The molecule has 1 aliphatic rings. The summed E-state index contributed by atoms with van der Waals surface area (Å²) in [4.78, 5) is 31.1. The molecule has 2 aromatic rings. The highest BCUT2D eigenvalue weighted by atomic mass is 19.4. The lowest BCUT2D eigenvalue weighted by molar-refractivity contribution is -0.151. The fourth-order valence-corrected chi connectivity index (χ4v) is 2.88. The lowest BCUT2D eigenvalue weighted by atomic mass is 10.2. The molecule has 7 nitrogen and oxygen atoms in total. The molecule has 0 spiro atoms. The summed E-state index contributed by atoms with van der Waals surface area (Å²) in [5.74, 6) is -0.344. The quantitative estimate of drug-likeness (QED) is 0.791. The van der Waals surface area contributed by atoms with Crippen LogP contribution in [0.4, 0.5) is 13.2 Å². The predicted octanol–water partition coefficient (Wildman–Crippen LogP) is 1.01.